The third kappa shape index (κ3) is 4.86. The fourth-order valence-corrected chi connectivity index (χ4v) is 1.82. The van der Waals surface area contributed by atoms with Gasteiger partial charge >= 0.3 is 6.09 Å². The fraction of sp³-hybridized carbons (Fsp3) is 0.273. The van der Waals surface area contributed by atoms with Crippen molar-refractivity contribution in [1.29, 1.82) is 0 Å². The summed E-state index contributed by atoms with van der Waals surface area (Å²) in [5, 5.41) is 12.8. The van der Waals surface area contributed by atoms with Crippen LogP contribution in [0.3, 0.4) is 0 Å². The molecule has 0 spiro atoms. The van der Waals surface area contributed by atoms with Crippen molar-refractivity contribution in [1.82, 2.24) is 5.32 Å². The Morgan fingerprint density at radius 1 is 1.56 bits per heavy atom. The Balaban J connectivity index is 2.42. The number of hydrogen-bond donors (Lipinski definition) is 3. The molecule has 1 rings (SSSR count). The van der Waals surface area contributed by atoms with E-state index in [4.69, 9.17) is 10.8 Å². The largest absolute Gasteiger partial charge is 0.448 e. The number of carbonyl (C=O) groups is 2. The highest BCUT2D eigenvalue weighted by molar-refractivity contribution is 7.10. The molecule has 0 saturated carbocycles. The predicted molar refractivity (Wildman–Crippen MR) is 66.2 cm³/mol. The molecule has 0 aliphatic carbocycles. The average Bonchev–Trinajstić information content (AvgIpc) is 2.80. The van der Waals surface area contributed by atoms with Gasteiger partial charge in [0.05, 0.1) is 17.0 Å². The van der Waals surface area contributed by atoms with Gasteiger partial charge in [0.25, 0.3) is 5.91 Å². The number of carbonyl (C=O) groups excluding carboxylic acids is 2. The first-order valence-corrected chi connectivity index (χ1v) is 5.90. The van der Waals surface area contributed by atoms with Gasteiger partial charge in [-0.1, -0.05) is 11.8 Å². The third-order valence-electron chi connectivity index (χ3n) is 1.78. The van der Waals surface area contributed by atoms with Crippen molar-refractivity contribution in [2.24, 2.45) is 5.73 Å². The molecule has 0 aliphatic rings. The number of amides is 2. The maximum absolute atomic E-state index is 11.6. The van der Waals surface area contributed by atoms with Gasteiger partial charge in [-0.3, -0.25) is 4.79 Å². The van der Waals surface area contributed by atoms with E-state index in [1.165, 1.54) is 11.3 Å². The van der Waals surface area contributed by atoms with Crippen LogP contribution in [0.2, 0.25) is 0 Å². The number of nitrogens with one attached hydrogen (secondary N) is 1. The van der Waals surface area contributed by atoms with Crippen LogP contribution in [0.4, 0.5) is 4.79 Å². The Morgan fingerprint density at radius 3 is 3.00 bits per heavy atom. The topological polar surface area (TPSA) is 102 Å². The Labute approximate surface area is 108 Å². The zero-order chi connectivity index (χ0) is 13.4. The molecule has 1 heterocycles. The summed E-state index contributed by atoms with van der Waals surface area (Å²) in [6.45, 7) is 0.00153. The second-order valence-electron chi connectivity index (χ2n) is 3.08. The molecule has 0 radical (unpaired) electrons. The summed E-state index contributed by atoms with van der Waals surface area (Å²) in [6, 6.07) is 1.62. The van der Waals surface area contributed by atoms with E-state index in [-0.39, 0.29) is 25.7 Å². The summed E-state index contributed by atoms with van der Waals surface area (Å²) in [5.41, 5.74) is 5.24. The van der Waals surface area contributed by atoms with E-state index in [9.17, 15) is 9.59 Å². The van der Waals surface area contributed by atoms with Crippen LogP contribution in [0, 0.1) is 11.8 Å². The number of nitrogens with two attached hydrogens (primary N) is 1. The molecule has 96 valence electrons. The minimum absolute atomic E-state index is 0.0301. The van der Waals surface area contributed by atoms with E-state index in [0.717, 1.165) is 0 Å². The summed E-state index contributed by atoms with van der Waals surface area (Å²) in [7, 11) is 0. The maximum Gasteiger partial charge on any atom is 0.404 e. The summed E-state index contributed by atoms with van der Waals surface area (Å²) in [5.74, 6) is 4.92. The zero-order valence-corrected chi connectivity index (χ0v) is 10.3. The quantitative estimate of drug-likeness (QED) is 0.525. The van der Waals surface area contributed by atoms with Crippen LogP contribution in [0.1, 0.15) is 15.2 Å². The number of rotatable bonds is 4. The molecule has 6 nitrogen and oxygen atoms in total. The number of primary amides is 1. The highest BCUT2D eigenvalue weighted by Crippen LogP contribution is 2.13. The smallest absolute Gasteiger partial charge is 0.404 e. The highest BCUT2D eigenvalue weighted by Gasteiger charge is 2.07. The fourth-order valence-electron chi connectivity index (χ4n) is 1.07. The molecule has 0 aromatic carbocycles. The summed E-state index contributed by atoms with van der Waals surface area (Å²) in [4.78, 5) is 22.6. The summed E-state index contributed by atoms with van der Waals surface area (Å²) in [6.07, 6.45) is -0.874. The Bertz CT molecular complexity index is 487. The first-order chi connectivity index (χ1) is 8.63. The van der Waals surface area contributed by atoms with Crippen LogP contribution in [-0.2, 0) is 4.74 Å². The van der Waals surface area contributed by atoms with Crippen molar-refractivity contribution < 1.29 is 19.4 Å². The number of aliphatic hydroxyl groups excluding tert-OH is 1. The van der Waals surface area contributed by atoms with E-state index in [1.54, 1.807) is 11.4 Å². The van der Waals surface area contributed by atoms with E-state index >= 15 is 0 Å². The Kier molecular flexibility index (Phi) is 5.70. The maximum atomic E-state index is 11.6. The van der Waals surface area contributed by atoms with Crippen LogP contribution in [-0.4, -0.2) is 36.9 Å². The van der Waals surface area contributed by atoms with Crippen molar-refractivity contribution in [3.63, 3.8) is 0 Å². The van der Waals surface area contributed by atoms with E-state index in [2.05, 4.69) is 21.9 Å². The standard InChI is InChI=1S/C11H12N2O4S/c12-11(16)17-5-3-13-10(15)8-6-9(18-7-8)2-1-4-14/h6-7,14H,3-5H2,(H2,12,16)(H,13,15). The van der Waals surface area contributed by atoms with Crippen LogP contribution >= 0.6 is 11.3 Å². The molecule has 2 amide bonds. The lowest BCUT2D eigenvalue weighted by Gasteiger charge is -2.03. The molecule has 0 bridgehead atoms. The van der Waals surface area contributed by atoms with Gasteiger partial charge < -0.3 is 20.9 Å². The molecule has 0 aliphatic heterocycles. The SMILES string of the molecule is NC(=O)OCCNC(=O)c1csc(C#CCO)c1. The minimum Gasteiger partial charge on any atom is -0.448 e. The first kappa shape index (κ1) is 14.0. The molecule has 0 fully saturated rings. The molecule has 18 heavy (non-hydrogen) atoms. The molecule has 0 atom stereocenters. The second-order valence-corrected chi connectivity index (χ2v) is 3.99. The van der Waals surface area contributed by atoms with Gasteiger partial charge in [-0.25, -0.2) is 4.79 Å². The van der Waals surface area contributed by atoms with Gasteiger partial charge in [0.1, 0.15) is 13.2 Å². The summed E-state index contributed by atoms with van der Waals surface area (Å²) >= 11 is 1.31. The van der Waals surface area contributed by atoms with Crippen LogP contribution < -0.4 is 11.1 Å². The third-order valence-corrected chi connectivity index (χ3v) is 2.63. The van der Waals surface area contributed by atoms with Gasteiger partial charge in [0, 0.05) is 5.38 Å². The normalized spacial score (nSPS) is 9.17. The lowest BCUT2D eigenvalue weighted by atomic mass is 10.3. The van der Waals surface area contributed by atoms with Crippen molar-refractivity contribution in [3.05, 3.63) is 21.9 Å². The lowest BCUT2D eigenvalue weighted by molar-refractivity contribution is 0.0937. The minimum atomic E-state index is -0.874. The molecular formula is C11H12N2O4S. The molecule has 1 aromatic rings. The Hall–Kier alpha value is -2.04. The molecule has 0 saturated heterocycles. The molecule has 0 unspecified atom stereocenters. The second kappa shape index (κ2) is 7.32. The van der Waals surface area contributed by atoms with E-state index in [1.807, 2.05) is 0 Å². The molecular weight excluding hydrogens is 256 g/mol. The van der Waals surface area contributed by atoms with Gasteiger partial charge in [-0.15, -0.1) is 11.3 Å². The van der Waals surface area contributed by atoms with Gasteiger partial charge in [0.15, 0.2) is 0 Å². The van der Waals surface area contributed by atoms with Crippen LogP contribution in [0.25, 0.3) is 0 Å². The van der Waals surface area contributed by atoms with E-state index in [0.29, 0.717) is 10.4 Å². The monoisotopic (exact) mass is 268 g/mol. The summed E-state index contributed by atoms with van der Waals surface area (Å²) < 4.78 is 4.46. The van der Waals surface area contributed by atoms with Gasteiger partial charge in [-0.2, -0.15) is 0 Å². The lowest BCUT2D eigenvalue weighted by Crippen LogP contribution is -2.28. The van der Waals surface area contributed by atoms with Gasteiger partial charge in [-0.05, 0) is 6.07 Å². The van der Waals surface area contributed by atoms with Crippen LogP contribution in [0.5, 0.6) is 0 Å². The van der Waals surface area contributed by atoms with Crippen molar-refractivity contribution >= 4 is 23.3 Å². The first-order valence-electron chi connectivity index (χ1n) is 5.02. The average molecular weight is 268 g/mol. The van der Waals surface area contributed by atoms with Crippen molar-refractivity contribution in [2.45, 2.75) is 0 Å². The zero-order valence-electron chi connectivity index (χ0n) is 9.43. The van der Waals surface area contributed by atoms with E-state index < -0.39 is 6.09 Å². The number of aliphatic hydroxyl groups is 1. The predicted octanol–water partition coefficient (Wildman–Crippen LogP) is -0.0830. The number of thiophene rings is 1. The molecule has 7 heteroatoms. The number of ether oxygens (including phenoxy) is 1. The highest BCUT2D eigenvalue weighted by atomic mass is 32.1. The molecule has 4 N–H and O–H groups in total. The van der Waals surface area contributed by atoms with Crippen molar-refractivity contribution in [2.75, 3.05) is 19.8 Å². The number of hydrogen-bond acceptors (Lipinski definition) is 5. The molecule has 1 aromatic heterocycles. The van der Waals surface area contributed by atoms with Gasteiger partial charge in [0.2, 0.25) is 0 Å². The van der Waals surface area contributed by atoms with Crippen molar-refractivity contribution in [3.8, 4) is 11.8 Å². The Morgan fingerprint density at radius 2 is 2.33 bits per heavy atom. The van der Waals surface area contributed by atoms with Crippen LogP contribution in [0.15, 0.2) is 11.4 Å².